The fourth-order valence-corrected chi connectivity index (χ4v) is 3.71. The molecule has 0 bridgehead atoms. The summed E-state index contributed by atoms with van der Waals surface area (Å²) in [6, 6.07) is 9.49. The summed E-state index contributed by atoms with van der Waals surface area (Å²) < 4.78 is 5.58. The van der Waals surface area contributed by atoms with Gasteiger partial charge in [-0.15, -0.1) is 0 Å². The van der Waals surface area contributed by atoms with Crippen molar-refractivity contribution in [2.45, 2.75) is 26.1 Å². The lowest BCUT2D eigenvalue weighted by atomic mass is 10.1. The minimum atomic E-state index is 0.0113. The maximum atomic E-state index is 12.9. The molecule has 1 aromatic heterocycles. The molecule has 4 rings (SSSR count). The van der Waals surface area contributed by atoms with Crippen LogP contribution in [0.3, 0.4) is 0 Å². The van der Waals surface area contributed by atoms with Gasteiger partial charge in [0.15, 0.2) is 0 Å². The second kappa shape index (κ2) is 6.65. The van der Waals surface area contributed by atoms with E-state index in [0.717, 1.165) is 35.1 Å². The highest BCUT2D eigenvalue weighted by molar-refractivity contribution is 6.31. The monoisotopic (exact) mass is 357 g/mol. The molecule has 3 heterocycles. The van der Waals surface area contributed by atoms with Gasteiger partial charge in [-0.25, -0.2) is 4.98 Å². The SMILES string of the molecule is CC1CN(c2cc(C(=O)N3Cc4cccc(Cl)c4C3)ccn2)CCO1. The van der Waals surface area contributed by atoms with Crippen molar-refractivity contribution >= 4 is 23.3 Å². The van der Waals surface area contributed by atoms with E-state index in [2.05, 4.69) is 9.88 Å². The minimum Gasteiger partial charge on any atom is -0.375 e. The zero-order valence-corrected chi connectivity index (χ0v) is 14.9. The van der Waals surface area contributed by atoms with Gasteiger partial charge in [-0.3, -0.25) is 4.79 Å². The Morgan fingerprint density at radius 2 is 2.20 bits per heavy atom. The van der Waals surface area contributed by atoms with Crippen LogP contribution in [-0.4, -0.2) is 41.6 Å². The van der Waals surface area contributed by atoms with Gasteiger partial charge in [-0.2, -0.15) is 0 Å². The number of aromatic nitrogens is 1. The normalized spacial score (nSPS) is 19.8. The van der Waals surface area contributed by atoms with E-state index in [-0.39, 0.29) is 12.0 Å². The van der Waals surface area contributed by atoms with E-state index in [4.69, 9.17) is 16.3 Å². The Morgan fingerprint density at radius 3 is 3.00 bits per heavy atom. The summed E-state index contributed by atoms with van der Waals surface area (Å²) >= 11 is 6.26. The lowest BCUT2D eigenvalue weighted by Crippen LogP contribution is -2.41. The average Bonchev–Trinajstić information content (AvgIpc) is 3.07. The smallest absolute Gasteiger partial charge is 0.254 e. The van der Waals surface area contributed by atoms with Crippen LogP contribution >= 0.6 is 11.6 Å². The van der Waals surface area contributed by atoms with Gasteiger partial charge in [0.1, 0.15) is 5.82 Å². The van der Waals surface area contributed by atoms with Gasteiger partial charge in [0.25, 0.3) is 5.91 Å². The highest BCUT2D eigenvalue weighted by atomic mass is 35.5. The van der Waals surface area contributed by atoms with Crippen LogP contribution in [0.4, 0.5) is 5.82 Å². The maximum Gasteiger partial charge on any atom is 0.254 e. The molecule has 2 aliphatic rings. The fourth-order valence-electron chi connectivity index (χ4n) is 3.46. The number of benzene rings is 1. The third-order valence-electron chi connectivity index (χ3n) is 4.77. The van der Waals surface area contributed by atoms with Crippen LogP contribution < -0.4 is 4.90 Å². The van der Waals surface area contributed by atoms with Crippen molar-refractivity contribution in [1.29, 1.82) is 0 Å². The van der Waals surface area contributed by atoms with Gasteiger partial charge in [0.05, 0.1) is 12.7 Å². The minimum absolute atomic E-state index is 0.0113. The summed E-state index contributed by atoms with van der Waals surface area (Å²) in [6.07, 6.45) is 1.88. The number of morpholine rings is 1. The Balaban J connectivity index is 1.54. The summed E-state index contributed by atoms with van der Waals surface area (Å²) in [4.78, 5) is 21.4. The van der Waals surface area contributed by atoms with Gasteiger partial charge >= 0.3 is 0 Å². The lowest BCUT2D eigenvalue weighted by Gasteiger charge is -2.32. The quantitative estimate of drug-likeness (QED) is 0.828. The average molecular weight is 358 g/mol. The van der Waals surface area contributed by atoms with E-state index < -0.39 is 0 Å². The molecular formula is C19H20ClN3O2. The summed E-state index contributed by atoms with van der Waals surface area (Å²) in [5.41, 5.74) is 2.83. The Bertz CT molecular complexity index is 811. The van der Waals surface area contributed by atoms with Crippen LogP contribution in [-0.2, 0) is 17.8 Å². The molecule has 6 heteroatoms. The third kappa shape index (κ3) is 3.22. The van der Waals surface area contributed by atoms with E-state index in [1.807, 2.05) is 36.1 Å². The number of ether oxygens (including phenoxy) is 1. The van der Waals surface area contributed by atoms with Crippen molar-refractivity contribution in [1.82, 2.24) is 9.88 Å². The second-order valence-electron chi connectivity index (χ2n) is 6.57. The summed E-state index contributed by atoms with van der Waals surface area (Å²) in [5, 5.41) is 0.727. The predicted octanol–water partition coefficient (Wildman–Crippen LogP) is 3.12. The number of fused-ring (bicyclic) bond motifs is 1. The molecule has 1 saturated heterocycles. The first-order valence-electron chi connectivity index (χ1n) is 8.50. The van der Waals surface area contributed by atoms with Gasteiger partial charge < -0.3 is 14.5 Å². The second-order valence-corrected chi connectivity index (χ2v) is 6.98. The van der Waals surface area contributed by atoms with Crippen LogP contribution in [0.1, 0.15) is 28.4 Å². The molecule has 1 fully saturated rings. The largest absolute Gasteiger partial charge is 0.375 e. The molecule has 0 aliphatic carbocycles. The summed E-state index contributed by atoms with van der Waals surface area (Å²) in [7, 11) is 0. The van der Waals surface area contributed by atoms with E-state index in [1.54, 1.807) is 12.3 Å². The highest BCUT2D eigenvalue weighted by Crippen LogP contribution is 2.30. The van der Waals surface area contributed by atoms with Gasteiger partial charge in [0, 0.05) is 43.0 Å². The predicted molar refractivity (Wildman–Crippen MR) is 96.9 cm³/mol. The molecule has 0 spiro atoms. The van der Waals surface area contributed by atoms with Crippen molar-refractivity contribution in [3.8, 4) is 0 Å². The van der Waals surface area contributed by atoms with Crippen molar-refractivity contribution in [3.05, 3.63) is 58.2 Å². The van der Waals surface area contributed by atoms with Crippen LogP contribution in [0.5, 0.6) is 0 Å². The van der Waals surface area contributed by atoms with E-state index in [9.17, 15) is 4.79 Å². The lowest BCUT2D eigenvalue weighted by molar-refractivity contribution is 0.0529. The molecule has 1 atom stereocenters. The van der Waals surface area contributed by atoms with Gasteiger partial charge in [-0.05, 0) is 36.2 Å². The maximum absolute atomic E-state index is 12.9. The number of hydrogen-bond acceptors (Lipinski definition) is 4. The molecule has 2 aliphatic heterocycles. The number of nitrogens with zero attached hydrogens (tertiary/aromatic N) is 3. The Labute approximate surface area is 152 Å². The molecule has 25 heavy (non-hydrogen) atoms. The number of hydrogen-bond donors (Lipinski definition) is 0. The number of anilines is 1. The van der Waals surface area contributed by atoms with Crippen molar-refractivity contribution in [2.75, 3.05) is 24.6 Å². The molecule has 1 unspecified atom stereocenters. The number of rotatable bonds is 2. The van der Waals surface area contributed by atoms with Crippen molar-refractivity contribution < 1.29 is 9.53 Å². The zero-order valence-electron chi connectivity index (χ0n) is 14.1. The first kappa shape index (κ1) is 16.4. The van der Waals surface area contributed by atoms with E-state index in [1.165, 1.54) is 0 Å². The van der Waals surface area contributed by atoms with Gasteiger partial charge in [0.2, 0.25) is 0 Å². The molecular weight excluding hydrogens is 338 g/mol. The molecule has 5 nitrogen and oxygen atoms in total. The van der Waals surface area contributed by atoms with Crippen molar-refractivity contribution in [2.24, 2.45) is 0 Å². The Hall–Kier alpha value is -2.11. The van der Waals surface area contributed by atoms with Crippen molar-refractivity contribution in [3.63, 3.8) is 0 Å². The molecule has 0 N–H and O–H groups in total. The van der Waals surface area contributed by atoms with E-state index >= 15 is 0 Å². The molecule has 1 aromatic carbocycles. The number of pyridine rings is 1. The van der Waals surface area contributed by atoms with E-state index in [0.29, 0.717) is 25.3 Å². The number of carbonyl (C=O) groups is 1. The zero-order chi connectivity index (χ0) is 17.4. The van der Waals surface area contributed by atoms with Crippen LogP contribution in [0, 0.1) is 0 Å². The molecule has 2 aromatic rings. The molecule has 0 radical (unpaired) electrons. The topological polar surface area (TPSA) is 45.7 Å². The highest BCUT2D eigenvalue weighted by Gasteiger charge is 2.26. The fraction of sp³-hybridized carbons (Fsp3) is 0.368. The van der Waals surface area contributed by atoms with Gasteiger partial charge in [-0.1, -0.05) is 23.7 Å². The first-order chi connectivity index (χ1) is 12.1. The summed E-state index contributed by atoms with van der Waals surface area (Å²) in [6.45, 7) is 5.46. The standard InChI is InChI=1S/C19H20ClN3O2/c1-13-10-22(7-8-25-13)18-9-14(5-6-21-18)19(24)23-11-15-3-2-4-17(20)16(15)12-23/h2-6,9,13H,7-8,10-12H2,1H3. The Kier molecular flexibility index (Phi) is 4.36. The molecule has 0 saturated carbocycles. The van der Waals surface area contributed by atoms with Crippen LogP contribution in [0.2, 0.25) is 5.02 Å². The van der Waals surface area contributed by atoms with Crippen LogP contribution in [0.25, 0.3) is 0 Å². The summed E-state index contributed by atoms with van der Waals surface area (Å²) in [5.74, 6) is 0.841. The third-order valence-corrected chi connectivity index (χ3v) is 5.12. The first-order valence-corrected chi connectivity index (χ1v) is 8.88. The molecule has 1 amide bonds. The number of halogens is 1. The number of amides is 1. The molecule has 130 valence electrons. The Morgan fingerprint density at radius 1 is 1.32 bits per heavy atom. The van der Waals surface area contributed by atoms with Crippen LogP contribution in [0.15, 0.2) is 36.5 Å². The number of carbonyl (C=O) groups excluding carboxylic acids is 1.